The van der Waals surface area contributed by atoms with E-state index in [1.165, 1.54) is 38.5 Å². The molecule has 0 amide bonds. The summed E-state index contributed by atoms with van der Waals surface area (Å²) in [6.07, 6.45) is 8.88. The second-order valence-electron chi connectivity index (χ2n) is 5.40. The molecule has 0 atom stereocenters. The normalized spacial score (nSPS) is 9.71. The Kier molecular flexibility index (Phi) is 12.8. The van der Waals surface area contributed by atoms with Crippen LogP contribution in [0.4, 0.5) is 0 Å². The van der Waals surface area contributed by atoms with Gasteiger partial charge in [0.2, 0.25) is 0 Å². The quantitative estimate of drug-likeness (QED) is 0.409. The Bertz CT molecular complexity index is 354. The van der Waals surface area contributed by atoms with E-state index in [9.17, 15) is 4.79 Å². The number of Topliss-reactive ketones (excluding diaryl/α,β-unsaturated/α-hetero) is 1. The van der Waals surface area contributed by atoms with Crippen LogP contribution in [0.3, 0.4) is 0 Å². The van der Waals surface area contributed by atoms with Crippen LogP contribution in [0.5, 0.6) is 5.75 Å². The van der Waals surface area contributed by atoms with Crippen LogP contribution in [0.1, 0.15) is 83.0 Å². The third-order valence-electron chi connectivity index (χ3n) is 3.03. The van der Waals surface area contributed by atoms with Crippen LogP contribution >= 0.6 is 0 Å². The van der Waals surface area contributed by atoms with Crippen molar-refractivity contribution in [1.29, 1.82) is 0 Å². The Morgan fingerprint density at radius 3 is 1.95 bits per heavy atom. The van der Waals surface area contributed by atoms with Gasteiger partial charge < -0.3 is 4.74 Å². The molecular formula is C19H32O2. The molecule has 1 aromatic rings. The summed E-state index contributed by atoms with van der Waals surface area (Å²) >= 11 is 0. The molecule has 1 aromatic carbocycles. The largest absolute Gasteiger partial charge is 0.494 e. The van der Waals surface area contributed by atoms with Gasteiger partial charge in [0.15, 0.2) is 5.78 Å². The molecule has 0 saturated carbocycles. The minimum atomic E-state index is 0.0949. The van der Waals surface area contributed by atoms with Crippen molar-refractivity contribution in [1.82, 2.24) is 0 Å². The average Bonchev–Trinajstić information content (AvgIpc) is 2.47. The highest BCUT2D eigenvalue weighted by Crippen LogP contribution is 2.13. The average molecular weight is 292 g/mol. The fourth-order valence-electron chi connectivity index (χ4n) is 1.86. The van der Waals surface area contributed by atoms with E-state index >= 15 is 0 Å². The highest BCUT2D eigenvalue weighted by molar-refractivity contribution is 5.94. The summed E-state index contributed by atoms with van der Waals surface area (Å²) in [5.41, 5.74) is 0.738. The molecule has 0 heterocycles. The van der Waals surface area contributed by atoms with Crippen molar-refractivity contribution < 1.29 is 9.53 Å². The number of benzene rings is 1. The standard InChI is InChI=1S/C16H24O2.C3H8/c1-3-4-5-6-7-8-13-18-16-11-9-15(10-12-16)14(2)17;1-3-2/h9-12H,3-8,13H2,1-2H3;3H2,1-2H3. The molecule has 0 aliphatic heterocycles. The smallest absolute Gasteiger partial charge is 0.159 e. The number of unbranched alkanes of at least 4 members (excludes halogenated alkanes) is 5. The third-order valence-corrected chi connectivity index (χ3v) is 3.03. The molecule has 0 aliphatic carbocycles. The molecule has 0 saturated heterocycles. The lowest BCUT2D eigenvalue weighted by molar-refractivity contribution is 0.101. The molecule has 1 rings (SSSR count). The molecule has 0 aromatic heterocycles. The van der Waals surface area contributed by atoms with E-state index in [-0.39, 0.29) is 5.78 Å². The SMILES string of the molecule is CCC.CCCCCCCCOc1ccc(C(C)=O)cc1. The van der Waals surface area contributed by atoms with Gasteiger partial charge in [-0.2, -0.15) is 0 Å². The Hall–Kier alpha value is -1.31. The molecule has 0 fully saturated rings. The molecule has 0 bridgehead atoms. The van der Waals surface area contributed by atoms with Crippen molar-refractivity contribution in [2.45, 2.75) is 72.6 Å². The number of ketones is 1. The number of carbonyl (C=O) groups excluding carboxylic acids is 1. The molecule has 0 N–H and O–H groups in total. The summed E-state index contributed by atoms with van der Waals surface area (Å²) in [5, 5.41) is 0. The summed E-state index contributed by atoms with van der Waals surface area (Å²) in [6, 6.07) is 7.37. The zero-order valence-corrected chi connectivity index (χ0v) is 14.3. The van der Waals surface area contributed by atoms with E-state index in [0.717, 1.165) is 24.3 Å². The van der Waals surface area contributed by atoms with Crippen LogP contribution < -0.4 is 4.74 Å². The summed E-state index contributed by atoms with van der Waals surface area (Å²) in [7, 11) is 0. The fraction of sp³-hybridized carbons (Fsp3) is 0.632. The second kappa shape index (κ2) is 13.7. The topological polar surface area (TPSA) is 26.3 Å². The maximum Gasteiger partial charge on any atom is 0.159 e. The number of hydrogen-bond acceptors (Lipinski definition) is 2. The predicted octanol–water partition coefficient (Wildman–Crippen LogP) is 6.04. The number of carbonyl (C=O) groups is 1. The highest BCUT2D eigenvalue weighted by Gasteiger charge is 1.99. The Morgan fingerprint density at radius 1 is 0.905 bits per heavy atom. The fourth-order valence-corrected chi connectivity index (χ4v) is 1.86. The minimum absolute atomic E-state index is 0.0949. The van der Waals surface area contributed by atoms with Gasteiger partial charge in [0.25, 0.3) is 0 Å². The van der Waals surface area contributed by atoms with Gasteiger partial charge >= 0.3 is 0 Å². The summed E-state index contributed by atoms with van der Waals surface area (Å²) in [4.78, 5) is 11.1. The second-order valence-corrected chi connectivity index (χ2v) is 5.40. The predicted molar refractivity (Wildman–Crippen MR) is 91.3 cm³/mol. The maximum absolute atomic E-state index is 11.1. The summed E-state index contributed by atoms with van der Waals surface area (Å²) in [6.45, 7) is 8.82. The van der Waals surface area contributed by atoms with E-state index < -0.39 is 0 Å². The Morgan fingerprint density at radius 2 is 1.43 bits per heavy atom. The van der Waals surface area contributed by atoms with Gasteiger partial charge in [0.05, 0.1) is 6.61 Å². The molecule has 0 unspecified atom stereocenters. The minimum Gasteiger partial charge on any atom is -0.494 e. The van der Waals surface area contributed by atoms with Crippen LogP contribution in [0, 0.1) is 0 Å². The van der Waals surface area contributed by atoms with E-state index in [0.29, 0.717) is 0 Å². The number of ether oxygens (including phenoxy) is 1. The van der Waals surface area contributed by atoms with Crippen molar-refractivity contribution in [2.75, 3.05) is 6.61 Å². The van der Waals surface area contributed by atoms with Crippen molar-refractivity contribution in [3.63, 3.8) is 0 Å². The van der Waals surface area contributed by atoms with Gasteiger partial charge in [-0.1, -0.05) is 59.3 Å². The van der Waals surface area contributed by atoms with E-state index in [4.69, 9.17) is 4.74 Å². The van der Waals surface area contributed by atoms with Crippen molar-refractivity contribution in [3.05, 3.63) is 29.8 Å². The molecular weight excluding hydrogens is 260 g/mol. The first kappa shape index (κ1) is 19.7. The van der Waals surface area contributed by atoms with Gasteiger partial charge in [0.1, 0.15) is 5.75 Å². The lowest BCUT2D eigenvalue weighted by Crippen LogP contribution is -1.98. The summed E-state index contributed by atoms with van der Waals surface area (Å²) < 4.78 is 5.64. The van der Waals surface area contributed by atoms with Gasteiger partial charge in [-0.15, -0.1) is 0 Å². The van der Waals surface area contributed by atoms with Gasteiger partial charge in [0, 0.05) is 5.56 Å². The summed E-state index contributed by atoms with van der Waals surface area (Å²) in [5.74, 6) is 0.950. The van der Waals surface area contributed by atoms with Crippen LogP contribution in [-0.2, 0) is 0 Å². The monoisotopic (exact) mass is 292 g/mol. The molecule has 2 nitrogen and oxygen atoms in total. The first-order chi connectivity index (χ1) is 10.2. The highest BCUT2D eigenvalue weighted by atomic mass is 16.5. The van der Waals surface area contributed by atoms with Crippen LogP contribution in [0.2, 0.25) is 0 Å². The zero-order chi connectivity index (χ0) is 15.9. The van der Waals surface area contributed by atoms with Gasteiger partial charge in [-0.05, 0) is 37.6 Å². The molecule has 0 aliphatic rings. The Labute approximate surface area is 130 Å². The molecule has 2 heteroatoms. The number of hydrogen-bond donors (Lipinski definition) is 0. The lowest BCUT2D eigenvalue weighted by atomic mass is 10.1. The van der Waals surface area contributed by atoms with Crippen LogP contribution in [0.15, 0.2) is 24.3 Å². The van der Waals surface area contributed by atoms with E-state index in [2.05, 4.69) is 20.8 Å². The lowest BCUT2D eigenvalue weighted by Gasteiger charge is -2.06. The van der Waals surface area contributed by atoms with Gasteiger partial charge in [-0.25, -0.2) is 0 Å². The first-order valence-corrected chi connectivity index (χ1v) is 8.39. The first-order valence-electron chi connectivity index (χ1n) is 8.39. The Balaban J connectivity index is 0.00000122. The van der Waals surface area contributed by atoms with Crippen LogP contribution in [-0.4, -0.2) is 12.4 Å². The van der Waals surface area contributed by atoms with Crippen molar-refractivity contribution in [2.24, 2.45) is 0 Å². The van der Waals surface area contributed by atoms with Gasteiger partial charge in [-0.3, -0.25) is 4.79 Å². The molecule has 0 radical (unpaired) electrons. The molecule has 21 heavy (non-hydrogen) atoms. The zero-order valence-electron chi connectivity index (χ0n) is 14.3. The van der Waals surface area contributed by atoms with Crippen molar-refractivity contribution in [3.8, 4) is 5.75 Å². The van der Waals surface area contributed by atoms with E-state index in [1.807, 2.05) is 24.3 Å². The number of rotatable bonds is 9. The molecule has 0 spiro atoms. The molecule has 120 valence electrons. The van der Waals surface area contributed by atoms with Crippen LogP contribution in [0.25, 0.3) is 0 Å². The third kappa shape index (κ3) is 11.1. The van der Waals surface area contributed by atoms with Crippen molar-refractivity contribution >= 4 is 5.78 Å². The van der Waals surface area contributed by atoms with E-state index in [1.54, 1.807) is 6.92 Å². The maximum atomic E-state index is 11.1.